The summed E-state index contributed by atoms with van der Waals surface area (Å²) in [7, 11) is 0. The molecule has 0 aliphatic rings. The zero-order chi connectivity index (χ0) is 17.8. The molecule has 7 heteroatoms. The van der Waals surface area contributed by atoms with Gasteiger partial charge < -0.3 is 15.5 Å². The van der Waals surface area contributed by atoms with E-state index in [9.17, 15) is 9.18 Å². The van der Waals surface area contributed by atoms with Crippen LogP contribution in [0.15, 0.2) is 29.3 Å². The molecule has 1 rings (SSSR count). The fourth-order valence-electron chi connectivity index (χ4n) is 2.36. The molecule has 0 aromatic heterocycles. The maximum absolute atomic E-state index is 13.6. The number of nitrogens with one attached hydrogen (secondary N) is 2. The van der Waals surface area contributed by atoms with E-state index in [1.807, 2.05) is 26.8 Å². The van der Waals surface area contributed by atoms with Crippen LogP contribution < -0.4 is 10.6 Å². The van der Waals surface area contributed by atoms with Crippen LogP contribution in [0.25, 0.3) is 0 Å². The van der Waals surface area contributed by atoms with Crippen LogP contribution in [-0.4, -0.2) is 49.5 Å². The summed E-state index contributed by atoms with van der Waals surface area (Å²) in [5.41, 5.74) is 0.678. The second-order valence-electron chi connectivity index (χ2n) is 5.34. The first-order valence-corrected chi connectivity index (χ1v) is 8.65. The number of benzene rings is 1. The van der Waals surface area contributed by atoms with Crippen molar-refractivity contribution >= 4 is 35.8 Å². The third-order valence-electron chi connectivity index (χ3n) is 3.70. The maximum Gasteiger partial charge on any atom is 0.224 e. The third kappa shape index (κ3) is 9.04. The summed E-state index contributed by atoms with van der Waals surface area (Å²) in [6, 6.07) is 6.76. The second-order valence-corrected chi connectivity index (χ2v) is 5.34. The zero-order valence-corrected chi connectivity index (χ0v) is 17.7. The fourth-order valence-corrected chi connectivity index (χ4v) is 2.36. The van der Waals surface area contributed by atoms with Gasteiger partial charge in [0, 0.05) is 32.6 Å². The number of carbonyl (C=O) groups excluding carboxylic acids is 1. The molecular formula is C18H30FIN4O. The molecule has 0 bridgehead atoms. The molecule has 0 atom stereocenters. The minimum Gasteiger partial charge on any atom is -0.357 e. The topological polar surface area (TPSA) is 56.7 Å². The fraction of sp³-hybridized carbons (Fsp3) is 0.556. The molecule has 2 N–H and O–H groups in total. The quantitative estimate of drug-likeness (QED) is 0.336. The van der Waals surface area contributed by atoms with Crippen molar-refractivity contribution in [2.24, 2.45) is 4.99 Å². The molecule has 0 fully saturated rings. The molecule has 1 amide bonds. The van der Waals surface area contributed by atoms with E-state index < -0.39 is 0 Å². The van der Waals surface area contributed by atoms with Crippen LogP contribution in [0.5, 0.6) is 0 Å². The van der Waals surface area contributed by atoms with Crippen molar-refractivity contribution in [2.45, 2.75) is 33.6 Å². The lowest BCUT2D eigenvalue weighted by atomic mass is 10.1. The average Bonchev–Trinajstić information content (AvgIpc) is 2.57. The normalized spacial score (nSPS) is 10.8. The lowest BCUT2D eigenvalue weighted by molar-refractivity contribution is -0.130. The molecule has 0 unspecified atom stereocenters. The van der Waals surface area contributed by atoms with Gasteiger partial charge in [0.25, 0.3) is 0 Å². The SMILES string of the molecule is CCNC(=NCCC(=O)N(CC)CC)NCCc1ccccc1F.I. The van der Waals surface area contributed by atoms with Gasteiger partial charge in [0.1, 0.15) is 5.82 Å². The van der Waals surface area contributed by atoms with Crippen LogP contribution >= 0.6 is 24.0 Å². The van der Waals surface area contributed by atoms with E-state index >= 15 is 0 Å². The largest absolute Gasteiger partial charge is 0.357 e. The smallest absolute Gasteiger partial charge is 0.224 e. The summed E-state index contributed by atoms with van der Waals surface area (Å²) in [6.45, 7) is 9.11. The number of carbonyl (C=O) groups is 1. The van der Waals surface area contributed by atoms with Crippen LogP contribution in [0.4, 0.5) is 4.39 Å². The van der Waals surface area contributed by atoms with Gasteiger partial charge in [-0.1, -0.05) is 18.2 Å². The highest BCUT2D eigenvalue weighted by molar-refractivity contribution is 14.0. The van der Waals surface area contributed by atoms with E-state index in [0.717, 1.165) is 19.6 Å². The number of halogens is 2. The Morgan fingerprint density at radius 3 is 2.44 bits per heavy atom. The number of rotatable bonds is 9. The number of hydrogen-bond acceptors (Lipinski definition) is 2. The Balaban J connectivity index is 0.00000576. The standard InChI is InChI=1S/C18H29FN4O.HI/c1-4-20-18(22-14-12-17(24)23(5-2)6-3)21-13-11-15-9-7-8-10-16(15)19;/h7-10H,4-6,11-14H2,1-3H3,(H2,20,21,22);1H. The minimum atomic E-state index is -0.189. The Morgan fingerprint density at radius 1 is 1.16 bits per heavy atom. The predicted molar refractivity (Wildman–Crippen MR) is 112 cm³/mol. The number of guanidine groups is 1. The van der Waals surface area contributed by atoms with Crippen molar-refractivity contribution < 1.29 is 9.18 Å². The summed E-state index contributed by atoms with van der Waals surface area (Å²) in [4.78, 5) is 18.2. The van der Waals surface area contributed by atoms with E-state index in [1.54, 1.807) is 17.0 Å². The minimum absolute atomic E-state index is 0. The van der Waals surface area contributed by atoms with Gasteiger partial charge >= 0.3 is 0 Å². The average molecular weight is 464 g/mol. The Bertz CT molecular complexity index is 536. The molecule has 0 heterocycles. The number of nitrogens with zero attached hydrogens (tertiary/aromatic N) is 2. The Kier molecular flexibility index (Phi) is 13.1. The van der Waals surface area contributed by atoms with Gasteiger partial charge in [0.15, 0.2) is 5.96 Å². The predicted octanol–water partition coefficient (Wildman–Crippen LogP) is 2.80. The van der Waals surface area contributed by atoms with Crippen molar-refractivity contribution in [1.82, 2.24) is 15.5 Å². The molecule has 0 saturated carbocycles. The van der Waals surface area contributed by atoms with Crippen LogP contribution in [0.3, 0.4) is 0 Å². The monoisotopic (exact) mass is 464 g/mol. The summed E-state index contributed by atoms with van der Waals surface area (Å²) in [5, 5.41) is 6.31. The molecule has 25 heavy (non-hydrogen) atoms. The molecule has 0 aliphatic heterocycles. The number of amides is 1. The van der Waals surface area contributed by atoms with Gasteiger partial charge in [0.05, 0.1) is 6.54 Å². The molecule has 0 saturated heterocycles. The third-order valence-corrected chi connectivity index (χ3v) is 3.70. The maximum atomic E-state index is 13.6. The van der Waals surface area contributed by atoms with E-state index in [0.29, 0.717) is 37.5 Å². The molecule has 0 aliphatic carbocycles. The lowest BCUT2D eigenvalue weighted by Gasteiger charge is -2.18. The lowest BCUT2D eigenvalue weighted by Crippen LogP contribution is -2.38. The van der Waals surface area contributed by atoms with Crippen LogP contribution in [-0.2, 0) is 11.2 Å². The van der Waals surface area contributed by atoms with Gasteiger partial charge in [-0.15, -0.1) is 24.0 Å². The molecular weight excluding hydrogens is 434 g/mol. The first-order valence-electron chi connectivity index (χ1n) is 8.65. The Labute approximate surface area is 167 Å². The van der Waals surface area contributed by atoms with Gasteiger partial charge in [-0.05, 0) is 38.8 Å². The highest BCUT2D eigenvalue weighted by Crippen LogP contribution is 2.06. The molecule has 1 aromatic carbocycles. The van der Waals surface area contributed by atoms with Crippen LogP contribution in [0.1, 0.15) is 32.8 Å². The van der Waals surface area contributed by atoms with Crippen LogP contribution in [0.2, 0.25) is 0 Å². The van der Waals surface area contributed by atoms with E-state index in [-0.39, 0.29) is 35.7 Å². The first kappa shape index (κ1) is 23.6. The highest BCUT2D eigenvalue weighted by atomic mass is 127. The summed E-state index contributed by atoms with van der Waals surface area (Å²) < 4.78 is 13.6. The number of aliphatic imine (C=N–C) groups is 1. The van der Waals surface area contributed by atoms with E-state index in [1.165, 1.54) is 6.07 Å². The van der Waals surface area contributed by atoms with Gasteiger partial charge in [-0.25, -0.2) is 4.39 Å². The second kappa shape index (κ2) is 13.9. The summed E-state index contributed by atoms with van der Waals surface area (Å²) in [5.74, 6) is 0.582. The van der Waals surface area contributed by atoms with Crippen LogP contribution in [0, 0.1) is 5.82 Å². The summed E-state index contributed by atoms with van der Waals surface area (Å²) >= 11 is 0. The molecule has 142 valence electrons. The summed E-state index contributed by atoms with van der Waals surface area (Å²) in [6.07, 6.45) is 0.973. The number of hydrogen-bond donors (Lipinski definition) is 2. The zero-order valence-electron chi connectivity index (χ0n) is 15.3. The van der Waals surface area contributed by atoms with Crippen molar-refractivity contribution in [1.29, 1.82) is 0 Å². The van der Waals surface area contributed by atoms with Gasteiger partial charge in [-0.3, -0.25) is 9.79 Å². The molecule has 0 radical (unpaired) electrons. The van der Waals surface area contributed by atoms with Crippen molar-refractivity contribution in [3.8, 4) is 0 Å². The first-order chi connectivity index (χ1) is 11.6. The molecule has 0 spiro atoms. The van der Waals surface area contributed by atoms with Gasteiger partial charge in [-0.2, -0.15) is 0 Å². The van der Waals surface area contributed by atoms with Crippen molar-refractivity contribution in [3.63, 3.8) is 0 Å². The Morgan fingerprint density at radius 2 is 1.84 bits per heavy atom. The Hall–Kier alpha value is -1.38. The van der Waals surface area contributed by atoms with E-state index in [4.69, 9.17) is 0 Å². The molecule has 5 nitrogen and oxygen atoms in total. The van der Waals surface area contributed by atoms with Crippen molar-refractivity contribution in [3.05, 3.63) is 35.6 Å². The van der Waals surface area contributed by atoms with Crippen molar-refractivity contribution in [2.75, 3.05) is 32.7 Å². The van der Waals surface area contributed by atoms with Gasteiger partial charge in [0.2, 0.25) is 5.91 Å². The highest BCUT2D eigenvalue weighted by Gasteiger charge is 2.08. The van der Waals surface area contributed by atoms with E-state index in [2.05, 4.69) is 15.6 Å². The molecule has 1 aromatic rings.